The smallest absolute Gasteiger partial charge is 0.315 e. The zero-order valence-corrected chi connectivity index (χ0v) is 20.7. The SMILES string of the molecule is C=C(Nc1ccccc1NC(=O)c1ccc(CN(CCCN(C)C)C(N)=O)cn1)OC(C)(C)C. The Morgan fingerprint density at radius 1 is 1.06 bits per heavy atom. The summed E-state index contributed by atoms with van der Waals surface area (Å²) in [7, 11) is 3.96. The number of pyridine rings is 1. The Hall–Kier alpha value is -3.59. The average molecular weight is 469 g/mol. The van der Waals surface area contributed by atoms with Gasteiger partial charge >= 0.3 is 6.03 Å². The number of nitrogens with one attached hydrogen (secondary N) is 2. The summed E-state index contributed by atoms with van der Waals surface area (Å²) >= 11 is 0. The Kier molecular flexibility index (Phi) is 9.44. The molecule has 0 aliphatic carbocycles. The Morgan fingerprint density at radius 2 is 1.71 bits per heavy atom. The summed E-state index contributed by atoms with van der Waals surface area (Å²) in [5, 5.41) is 5.95. The number of hydrogen-bond donors (Lipinski definition) is 3. The molecule has 2 aromatic rings. The quantitative estimate of drug-likeness (QED) is 0.432. The maximum Gasteiger partial charge on any atom is 0.315 e. The summed E-state index contributed by atoms with van der Waals surface area (Å²) in [6.07, 6.45) is 2.39. The maximum absolute atomic E-state index is 12.8. The molecule has 0 spiro atoms. The second kappa shape index (κ2) is 12.0. The summed E-state index contributed by atoms with van der Waals surface area (Å²) < 4.78 is 5.71. The van der Waals surface area contributed by atoms with Crippen molar-refractivity contribution in [1.82, 2.24) is 14.8 Å². The molecule has 34 heavy (non-hydrogen) atoms. The van der Waals surface area contributed by atoms with Crippen LogP contribution in [0.1, 0.15) is 43.2 Å². The molecule has 1 aromatic heterocycles. The van der Waals surface area contributed by atoms with Crippen LogP contribution in [-0.4, -0.2) is 59.5 Å². The molecule has 9 nitrogen and oxygen atoms in total. The lowest BCUT2D eigenvalue weighted by atomic mass is 10.2. The van der Waals surface area contributed by atoms with Crippen molar-refractivity contribution in [3.63, 3.8) is 0 Å². The van der Waals surface area contributed by atoms with Crippen LogP contribution in [0, 0.1) is 0 Å². The first-order chi connectivity index (χ1) is 15.9. The van der Waals surface area contributed by atoms with Crippen molar-refractivity contribution in [1.29, 1.82) is 0 Å². The van der Waals surface area contributed by atoms with E-state index in [1.807, 2.05) is 53.1 Å². The van der Waals surface area contributed by atoms with Gasteiger partial charge in [0.05, 0.1) is 11.4 Å². The molecule has 0 aliphatic rings. The number of hydrogen-bond acceptors (Lipinski definition) is 6. The van der Waals surface area contributed by atoms with E-state index in [4.69, 9.17) is 10.5 Å². The molecule has 4 N–H and O–H groups in total. The topological polar surface area (TPSA) is 113 Å². The van der Waals surface area contributed by atoms with Crippen molar-refractivity contribution < 1.29 is 14.3 Å². The molecule has 0 fully saturated rings. The van der Waals surface area contributed by atoms with Crippen LogP contribution in [0.4, 0.5) is 16.2 Å². The third kappa shape index (κ3) is 9.11. The van der Waals surface area contributed by atoms with Crippen LogP contribution in [0.3, 0.4) is 0 Å². The minimum Gasteiger partial charge on any atom is -0.474 e. The van der Waals surface area contributed by atoms with Crippen LogP contribution in [0.15, 0.2) is 55.1 Å². The number of primary amides is 1. The summed E-state index contributed by atoms with van der Waals surface area (Å²) in [4.78, 5) is 32.4. The molecule has 9 heteroatoms. The molecule has 2 rings (SSSR count). The highest BCUT2D eigenvalue weighted by atomic mass is 16.5. The third-order valence-corrected chi connectivity index (χ3v) is 4.65. The molecular formula is C25H36N6O3. The number of carbonyl (C=O) groups is 2. The van der Waals surface area contributed by atoms with E-state index >= 15 is 0 Å². The molecule has 184 valence electrons. The van der Waals surface area contributed by atoms with E-state index in [9.17, 15) is 9.59 Å². The molecule has 0 bridgehead atoms. The van der Waals surface area contributed by atoms with Gasteiger partial charge in [0.15, 0.2) is 5.88 Å². The molecule has 0 radical (unpaired) electrons. The number of ether oxygens (including phenoxy) is 1. The highest BCUT2D eigenvalue weighted by molar-refractivity contribution is 6.04. The largest absolute Gasteiger partial charge is 0.474 e. The zero-order valence-electron chi connectivity index (χ0n) is 20.7. The number of urea groups is 1. The van der Waals surface area contributed by atoms with Crippen molar-refractivity contribution in [2.24, 2.45) is 5.73 Å². The fraction of sp³-hybridized carbons (Fsp3) is 0.400. The molecule has 0 atom stereocenters. The first kappa shape index (κ1) is 26.7. The van der Waals surface area contributed by atoms with Crippen molar-refractivity contribution in [2.75, 3.05) is 37.8 Å². The first-order valence-corrected chi connectivity index (χ1v) is 11.1. The number of amides is 3. The highest BCUT2D eigenvalue weighted by Gasteiger charge is 2.16. The predicted octanol–water partition coefficient (Wildman–Crippen LogP) is 3.86. The van der Waals surface area contributed by atoms with Crippen LogP contribution in [-0.2, 0) is 11.3 Å². The van der Waals surface area contributed by atoms with E-state index in [1.165, 1.54) is 0 Å². The van der Waals surface area contributed by atoms with E-state index in [2.05, 4.69) is 27.1 Å². The molecule has 3 amide bonds. The molecule has 0 saturated heterocycles. The molecule has 1 heterocycles. The van der Waals surface area contributed by atoms with Crippen LogP contribution < -0.4 is 16.4 Å². The number of nitrogens with two attached hydrogens (primary N) is 1. The van der Waals surface area contributed by atoms with Gasteiger partial charge in [-0.2, -0.15) is 0 Å². The predicted molar refractivity (Wildman–Crippen MR) is 135 cm³/mol. The number of benzene rings is 1. The summed E-state index contributed by atoms with van der Waals surface area (Å²) in [6, 6.07) is 10.2. The van der Waals surface area contributed by atoms with Gasteiger partial charge in [0.25, 0.3) is 5.91 Å². The van der Waals surface area contributed by atoms with E-state index in [0.717, 1.165) is 18.5 Å². The Balaban J connectivity index is 2.02. The summed E-state index contributed by atoms with van der Waals surface area (Å²) in [6.45, 7) is 11.4. The number of anilines is 2. The lowest BCUT2D eigenvalue weighted by molar-refractivity contribution is 0.0565. The van der Waals surface area contributed by atoms with Gasteiger partial charge in [-0.1, -0.05) is 18.2 Å². The standard InChI is InChI=1S/C25H36N6O3/c1-18(34-25(2,3)4)28-20-10-7-8-11-21(20)29-23(32)22-13-12-19(16-27-22)17-31(24(26)33)15-9-14-30(5)6/h7-8,10-13,16,28H,1,9,14-15,17H2,2-6H3,(H2,26,33)(H,29,32). The molecule has 1 aromatic carbocycles. The first-order valence-electron chi connectivity index (χ1n) is 11.1. The van der Waals surface area contributed by atoms with Gasteiger partial charge in [-0.3, -0.25) is 9.78 Å². The lowest BCUT2D eigenvalue weighted by Crippen LogP contribution is -2.37. The number of rotatable bonds is 11. The minimum absolute atomic E-state index is 0.251. The van der Waals surface area contributed by atoms with Crippen LogP contribution in [0.25, 0.3) is 0 Å². The van der Waals surface area contributed by atoms with Crippen LogP contribution >= 0.6 is 0 Å². The second-order valence-corrected chi connectivity index (χ2v) is 9.23. The Bertz CT molecular complexity index is 983. The average Bonchev–Trinajstić information content (AvgIpc) is 2.73. The van der Waals surface area contributed by atoms with Crippen molar-refractivity contribution >= 4 is 23.3 Å². The fourth-order valence-corrected chi connectivity index (χ4v) is 3.15. The summed E-state index contributed by atoms with van der Waals surface area (Å²) in [5.74, 6) is 0.0159. The van der Waals surface area contributed by atoms with E-state index in [1.54, 1.807) is 29.3 Å². The van der Waals surface area contributed by atoms with Crippen molar-refractivity contribution in [2.45, 2.75) is 39.3 Å². The zero-order chi connectivity index (χ0) is 25.3. The van der Waals surface area contributed by atoms with Gasteiger partial charge in [0.1, 0.15) is 11.3 Å². The van der Waals surface area contributed by atoms with Gasteiger partial charge in [-0.25, -0.2) is 4.79 Å². The van der Waals surface area contributed by atoms with Gasteiger partial charge in [0, 0.05) is 19.3 Å². The number of aromatic nitrogens is 1. The minimum atomic E-state index is -0.485. The Labute approximate surface area is 202 Å². The van der Waals surface area contributed by atoms with Crippen molar-refractivity contribution in [3.05, 3.63) is 66.3 Å². The number of carbonyl (C=O) groups excluding carboxylic acids is 2. The number of nitrogens with zero attached hydrogens (tertiary/aromatic N) is 3. The maximum atomic E-state index is 12.8. The van der Waals surface area contributed by atoms with Gasteiger partial charge in [-0.05, 0) is 78.2 Å². The van der Waals surface area contributed by atoms with Gasteiger partial charge in [-0.15, -0.1) is 0 Å². The van der Waals surface area contributed by atoms with E-state index in [-0.39, 0.29) is 11.6 Å². The molecule has 0 aliphatic heterocycles. The molecule has 0 saturated carbocycles. The highest BCUT2D eigenvalue weighted by Crippen LogP contribution is 2.24. The second-order valence-electron chi connectivity index (χ2n) is 9.23. The van der Waals surface area contributed by atoms with Crippen molar-refractivity contribution in [3.8, 4) is 0 Å². The van der Waals surface area contributed by atoms with E-state index in [0.29, 0.717) is 30.3 Å². The number of para-hydroxylation sites is 2. The Morgan fingerprint density at radius 3 is 2.24 bits per heavy atom. The normalized spacial score (nSPS) is 11.1. The lowest BCUT2D eigenvalue weighted by Gasteiger charge is -2.24. The molecular weight excluding hydrogens is 432 g/mol. The summed E-state index contributed by atoms with van der Waals surface area (Å²) in [5.41, 5.74) is 7.38. The third-order valence-electron chi connectivity index (χ3n) is 4.65. The van der Waals surface area contributed by atoms with Gasteiger partial charge in [0.2, 0.25) is 0 Å². The van der Waals surface area contributed by atoms with Crippen LogP contribution in [0.2, 0.25) is 0 Å². The fourth-order valence-electron chi connectivity index (χ4n) is 3.15. The van der Waals surface area contributed by atoms with Crippen LogP contribution in [0.5, 0.6) is 0 Å². The van der Waals surface area contributed by atoms with E-state index < -0.39 is 11.6 Å². The molecule has 0 unspecified atom stereocenters. The van der Waals surface area contributed by atoms with Gasteiger partial charge < -0.3 is 30.9 Å². The monoisotopic (exact) mass is 468 g/mol.